The van der Waals surface area contributed by atoms with Gasteiger partial charge < -0.3 is 9.84 Å². The smallest absolute Gasteiger partial charge is 0.270 e. The van der Waals surface area contributed by atoms with E-state index in [-0.39, 0.29) is 29.6 Å². The Morgan fingerprint density at radius 3 is 2.62 bits per heavy atom. The van der Waals surface area contributed by atoms with Crippen molar-refractivity contribution in [2.24, 2.45) is 0 Å². The normalized spacial score (nSPS) is 10.6. The number of aromatic nitrogens is 2. The predicted octanol–water partition coefficient (Wildman–Crippen LogP) is 3.54. The lowest BCUT2D eigenvalue weighted by molar-refractivity contribution is -0.384. The van der Waals surface area contributed by atoms with Crippen LogP contribution in [0.1, 0.15) is 5.89 Å². The Morgan fingerprint density at radius 2 is 1.92 bits per heavy atom. The van der Waals surface area contributed by atoms with Gasteiger partial charge in [0.05, 0.1) is 11.5 Å². The Hall–Kier alpha value is -3.36. The van der Waals surface area contributed by atoms with E-state index in [1.54, 1.807) is 6.07 Å². The molecule has 3 aromatic rings. The molecule has 0 saturated carbocycles. The third kappa shape index (κ3) is 3.51. The first-order chi connectivity index (χ1) is 11.5. The predicted molar refractivity (Wildman–Crippen MR) is 80.1 cm³/mol. The Bertz CT molecular complexity index is 878. The summed E-state index contributed by atoms with van der Waals surface area (Å²) in [7, 11) is 0. The average Bonchev–Trinajstić information content (AvgIpc) is 3.01. The quantitative estimate of drug-likeness (QED) is 0.567. The van der Waals surface area contributed by atoms with E-state index < -0.39 is 16.6 Å². The van der Waals surface area contributed by atoms with Crippen LogP contribution < -0.4 is 5.32 Å². The number of nitro groups is 1. The van der Waals surface area contributed by atoms with Gasteiger partial charge in [0.2, 0.25) is 11.7 Å². The standard InChI is InChI=1S/C15H10F2N4O3/c16-10-5-11(17)7-12(6-10)18-8-14-19-15(20-24-14)9-2-1-3-13(4-9)21(22)23/h1-7,18H,8H2. The summed E-state index contributed by atoms with van der Waals surface area (Å²) in [5.74, 6) is -1.07. The van der Waals surface area contributed by atoms with Crippen LogP contribution in [0.5, 0.6) is 0 Å². The van der Waals surface area contributed by atoms with Crippen LogP contribution in [0, 0.1) is 21.7 Å². The minimum atomic E-state index is -0.708. The van der Waals surface area contributed by atoms with Crippen molar-refractivity contribution in [3.05, 3.63) is 70.1 Å². The maximum absolute atomic E-state index is 13.1. The third-order valence-corrected chi connectivity index (χ3v) is 3.09. The molecule has 0 aliphatic rings. The molecule has 7 nitrogen and oxygen atoms in total. The Labute approximate surface area is 134 Å². The molecule has 0 aliphatic carbocycles. The SMILES string of the molecule is O=[N+]([O-])c1cccc(-c2noc(CNc3cc(F)cc(F)c3)n2)c1. The minimum Gasteiger partial charge on any atom is -0.376 e. The lowest BCUT2D eigenvalue weighted by atomic mass is 10.2. The molecule has 9 heteroatoms. The van der Waals surface area contributed by atoms with E-state index in [1.807, 2.05) is 0 Å². The lowest BCUT2D eigenvalue weighted by Crippen LogP contribution is -2.00. The summed E-state index contributed by atoms with van der Waals surface area (Å²) in [6.07, 6.45) is 0. The van der Waals surface area contributed by atoms with Crippen molar-refractivity contribution in [3.8, 4) is 11.4 Å². The highest BCUT2D eigenvalue weighted by Gasteiger charge is 2.12. The van der Waals surface area contributed by atoms with E-state index >= 15 is 0 Å². The molecule has 24 heavy (non-hydrogen) atoms. The van der Waals surface area contributed by atoms with Crippen LogP contribution in [0.15, 0.2) is 47.0 Å². The molecule has 0 saturated heterocycles. The summed E-state index contributed by atoms with van der Waals surface area (Å²) >= 11 is 0. The van der Waals surface area contributed by atoms with E-state index in [2.05, 4.69) is 15.5 Å². The van der Waals surface area contributed by atoms with Crippen molar-refractivity contribution in [1.29, 1.82) is 0 Å². The lowest BCUT2D eigenvalue weighted by Gasteiger charge is -2.03. The molecule has 0 aliphatic heterocycles. The largest absolute Gasteiger partial charge is 0.376 e. The van der Waals surface area contributed by atoms with Gasteiger partial charge in [-0.1, -0.05) is 17.3 Å². The zero-order chi connectivity index (χ0) is 17.1. The second-order valence-electron chi connectivity index (χ2n) is 4.83. The third-order valence-electron chi connectivity index (χ3n) is 3.09. The van der Waals surface area contributed by atoms with Gasteiger partial charge in [0, 0.05) is 29.4 Å². The van der Waals surface area contributed by atoms with E-state index in [0.29, 0.717) is 5.56 Å². The van der Waals surface area contributed by atoms with Crippen molar-refractivity contribution < 1.29 is 18.2 Å². The summed E-state index contributed by atoms with van der Waals surface area (Å²) < 4.78 is 31.2. The Morgan fingerprint density at radius 1 is 1.17 bits per heavy atom. The van der Waals surface area contributed by atoms with Crippen LogP contribution in [0.25, 0.3) is 11.4 Å². The molecular weight excluding hydrogens is 322 g/mol. The molecule has 0 radical (unpaired) electrons. The topological polar surface area (TPSA) is 94.1 Å². The molecule has 0 spiro atoms. The zero-order valence-electron chi connectivity index (χ0n) is 12.1. The number of nitrogens with zero attached hydrogens (tertiary/aromatic N) is 3. The molecule has 0 bridgehead atoms. The molecule has 0 fully saturated rings. The summed E-state index contributed by atoms with van der Waals surface area (Å²) in [4.78, 5) is 14.3. The fraction of sp³-hybridized carbons (Fsp3) is 0.0667. The van der Waals surface area contributed by atoms with Crippen LogP contribution >= 0.6 is 0 Å². The van der Waals surface area contributed by atoms with Crippen LogP contribution in [0.2, 0.25) is 0 Å². The number of anilines is 1. The maximum Gasteiger partial charge on any atom is 0.270 e. The Balaban J connectivity index is 1.74. The second kappa shape index (κ2) is 6.41. The fourth-order valence-corrected chi connectivity index (χ4v) is 2.04. The van der Waals surface area contributed by atoms with Crippen LogP contribution in [-0.4, -0.2) is 15.1 Å². The van der Waals surface area contributed by atoms with Crippen molar-refractivity contribution >= 4 is 11.4 Å². The first kappa shape index (κ1) is 15.5. The van der Waals surface area contributed by atoms with Gasteiger partial charge in [0.1, 0.15) is 11.6 Å². The van der Waals surface area contributed by atoms with Gasteiger partial charge >= 0.3 is 0 Å². The van der Waals surface area contributed by atoms with E-state index in [9.17, 15) is 18.9 Å². The molecule has 1 aromatic heterocycles. The Kier molecular flexibility index (Phi) is 4.15. The number of halogens is 2. The summed E-state index contributed by atoms with van der Waals surface area (Å²) in [6.45, 7) is 0.0464. The van der Waals surface area contributed by atoms with Gasteiger partial charge in [-0.05, 0) is 12.1 Å². The van der Waals surface area contributed by atoms with Gasteiger partial charge in [0.25, 0.3) is 5.69 Å². The van der Waals surface area contributed by atoms with E-state index in [4.69, 9.17) is 4.52 Å². The summed E-state index contributed by atoms with van der Waals surface area (Å²) in [5.41, 5.74) is 0.561. The molecule has 1 heterocycles. The first-order valence-electron chi connectivity index (χ1n) is 6.78. The molecular formula is C15H10F2N4O3. The molecule has 0 atom stereocenters. The fourth-order valence-electron chi connectivity index (χ4n) is 2.04. The number of non-ortho nitro benzene ring substituents is 1. The number of benzene rings is 2. The van der Waals surface area contributed by atoms with Crippen LogP contribution in [-0.2, 0) is 6.54 Å². The van der Waals surface area contributed by atoms with Crippen LogP contribution in [0.4, 0.5) is 20.2 Å². The van der Waals surface area contributed by atoms with Gasteiger partial charge in [-0.15, -0.1) is 0 Å². The van der Waals surface area contributed by atoms with Crippen molar-refractivity contribution in [2.45, 2.75) is 6.54 Å². The highest BCUT2D eigenvalue weighted by Crippen LogP contribution is 2.21. The molecule has 2 aromatic carbocycles. The molecule has 1 N–H and O–H groups in total. The highest BCUT2D eigenvalue weighted by atomic mass is 19.1. The van der Waals surface area contributed by atoms with Gasteiger partial charge in [-0.25, -0.2) is 8.78 Å². The molecule has 0 unspecified atom stereocenters. The summed E-state index contributed by atoms with van der Waals surface area (Å²) in [5, 5.41) is 17.3. The first-order valence-corrected chi connectivity index (χ1v) is 6.78. The monoisotopic (exact) mass is 332 g/mol. The number of nitrogens with one attached hydrogen (secondary N) is 1. The average molecular weight is 332 g/mol. The van der Waals surface area contributed by atoms with E-state index in [1.165, 1.54) is 18.2 Å². The molecule has 0 amide bonds. The van der Waals surface area contributed by atoms with Gasteiger partial charge in [-0.3, -0.25) is 10.1 Å². The van der Waals surface area contributed by atoms with Crippen LogP contribution in [0.3, 0.4) is 0 Å². The number of hydrogen-bond donors (Lipinski definition) is 1. The number of nitro benzene ring substituents is 1. The zero-order valence-corrected chi connectivity index (χ0v) is 12.1. The number of hydrogen-bond acceptors (Lipinski definition) is 6. The second-order valence-corrected chi connectivity index (χ2v) is 4.83. The summed E-state index contributed by atoms with van der Waals surface area (Å²) in [6, 6.07) is 8.81. The van der Waals surface area contributed by atoms with Crippen molar-refractivity contribution in [2.75, 3.05) is 5.32 Å². The van der Waals surface area contributed by atoms with Gasteiger partial charge in [0.15, 0.2) is 0 Å². The van der Waals surface area contributed by atoms with Crippen molar-refractivity contribution in [3.63, 3.8) is 0 Å². The molecule has 122 valence electrons. The highest BCUT2D eigenvalue weighted by molar-refractivity contribution is 5.58. The maximum atomic E-state index is 13.1. The van der Waals surface area contributed by atoms with Crippen molar-refractivity contribution in [1.82, 2.24) is 10.1 Å². The van der Waals surface area contributed by atoms with E-state index in [0.717, 1.165) is 18.2 Å². The van der Waals surface area contributed by atoms with Gasteiger partial charge in [-0.2, -0.15) is 4.98 Å². The minimum absolute atomic E-state index is 0.0464. The molecule has 3 rings (SSSR count). The number of rotatable bonds is 5.